The lowest BCUT2D eigenvalue weighted by atomic mass is 9.36. The van der Waals surface area contributed by atoms with Crippen molar-refractivity contribution in [3.05, 3.63) is 141 Å². The van der Waals surface area contributed by atoms with Crippen molar-refractivity contribution in [3.63, 3.8) is 0 Å². The fourth-order valence-electron chi connectivity index (χ4n) is 11.8. The Hall–Kier alpha value is -5.07. The van der Waals surface area contributed by atoms with Crippen LogP contribution in [0.15, 0.2) is 84.9 Å². The molecule has 0 aromatic heterocycles. The van der Waals surface area contributed by atoms with Gasteiger partial charge in [0, 0.05) is 0 Å². The van der Waals surface area contributed by atoms with E-state index in [-0.39, 0.29) is 13.4 Å². The van der Waals surface area contributed by atoms with E-state index in [0.29, 0.717) is 11.8 Å². The minimum atomic E-state index is 0.178. The highest BCUT2D eigenvalue weighted by Crippen LogP contribution is 2.41. The Morgan fingerprint density at radius 2 is 0.607 bits per heavy atom. The molecule has 2 heteroatoms. The van der Waals surface area contributed by atoms with Gasteiger partial charge in [0.15, 0.2) is 0 Å². The lowest BCUT2D eigenvalue weighted by molar-refractivity contribution is 0.877. The monoisotopic (exact) mass is 722 g/mol. The third kappa shape index (κ3) is 4.81. The fraction of sp³-hybridized carbons (Fsp3) is 0.259. The molecule has 2 aliphatic heterocycles. The largest absolute Gasteiger partial charge is 0.244 e. The zero-order chi connectivity index (χ0) is 39.2. The van der Waals surface area contributed by atoms with Crippen molar-refractivity contribution in [1.29, 1.82) is 0 Å². The van der Waals surface area contributed by atoms with Crippen molar-refractivity contribution in [1.82, 2.24) is 0 Å². The summed E-state index contributed by atoms with van der Waals surface area (Å²) in [6.07, 6.45) is 0. The highest BCUT2D eigenvalue weighted by Gasteiger charge is 2.40. The summed E-state index contributed by atoms with van der Waals surface area (Å²) in [5, 5.41) is 8.54. The molecule has 56 heavy (non-hydrogen) atoms. The van der Waals surface area contributed by atoms with Gasteiger partial charge in [0.2, 0.25) is 13.4 Å². The molecule has 0 aliphatic carbocycles. The molecule has 0 saturated carbocycles. The molecular formula is C54H52B2. The van der Waals surface area contributed by atoms with Crippen molar-refractivity contribution < 1.29 is 0 Å². The van der Waals surface area contributed by atoms with Gasteiger partial charge in [-0.3, -0.25) is 0 Å². The lowest BCUT2D eigenvalue weighted by Crippen LogP contribution is -2.51. The van der Waals surface area contributed by atoms with E-state index in [1.165, 1.54) is 143 Å². The van der Waals surface area contributed by atoms with Gasteiger partial charge in [0.25, 0.3) is 0 Å². The molecule has 0 spiro atoms. The van der Waals surface area contributed by atoms with Crippen LogP contribution in [0.4, 0.5) is 0 Å². The summed E-state index contributed by atoms with van der Waals surface area (Å²) in [6, 6.07) is 34.6. The average molecular weight is 723 g/mol. The standard InChI is InChI=1S/C54H52B2/c1-27(2)41-25-47(55-51-33(9)17-29(5)21-43(51)44-22-30(6)18-34(10)52(44)55)39-16-14-38-42(28(3)4)26-48(40-15-13-37(41)49(39)50(38)40)56-53-35(11)19-31(7)23-45(53)46-24-32(8)20-36(12)54(46)56/h13-28H,1-12H3. The molecule has 8 aromatic rings. The Bertz CT molecular complexity index is 2690. The van der Waals surface area contributed by atoms with Gasteiger partial charge in [-0.2, -0.15) is 0 Å². The summed E-state index contributed by atoms with van der Waals surface area (Å²) in [4.78, 5) is 0. The molecule has 0 amide bonds. The molecular weight excluding hydrogens is 670 g/mol. The smallest absolute Gasteiger partial charge is 0.0623 e. The van der Waals surface area contributed by atoms with Crippen LogP contribution in [0.5, 0.6) is 0 Å². The summed E-state index contributed by atoms with van der Waals surface area (Å²) < 4.78 is 0. The van der Waals surface area contributed by atoms with Crippen LogP contribution in [0.2, 0.25) is 0 Å². The quantitative estimate of drug-likeness (QED) is 0.125. The summed E-state index contributed by atoms with van der Waals surface area (Å²) in [6.45, 7) is 28.3. The minimum absolute atomic E-state index is 0.178. The van der Waals surface area contributed by atoms with Crippen LogP contribution < -0.4 is 32.8 Å². The highest BCUT2D eigenvalue weighted by molar-refractivity contribution is 7.02. The molecule has 8 aromatic carbocycles. The maximum absolute atomic E-state index is 2.61. The van der Waals surface area contributed by atoms with Gasteiger partial charge in [-0.15, -0.1) is 0 Å². The van der Waals surface area contributed by atoms with Gasteiger partial charge in [0.05, 0.1) is 0 Å². The molecule has 0 N–H and O–H groups in total. The number of benzene rings is 8. The molecule has 0 radical (unpaired) electrons. The molecule has 0 atom stereocenters. The second-order valence-electron chi connectivity index (χ2n) is 18.5. The summed E-state index contributed by atoms with van der Waals surface area (Å²) in [5.74, 6) is 0.762. The molecule has 274 valence electrons. The van der Waals surface area contributed by atoms with Gasteiger partial charge < -0.3 is 0 Å². The zero-order valence-electron chi connectivity index (χ0n) is 35.4. The Morgan fingerprint density at radius 3 is 0.875 bits per heavy atom. The summed E-state index contributed by atoms with van der Waals surface area (Å²) in [7, 11) is 0. The summed E-state index contributed by atoms with van der Waals surface area (Å²) in [5.41, 5.74) is 28.4. The van der Waals surface area contributed by atoms with E-state index in [9.17, 15) is 0 Å². The molecule has 10 rings (SSSR count). The fourth-order valence-corrected chi connectivity index (χ4v) is 11.8. The first-order valence-electron chi connectivity index (χ1n) is 21.0. The van der Waals surface area contributed by atoms with Crippen molar-refractivity contribution in [2.24, 2.45) is 0 Å². The first kappa shape index (κ1) is 35.4. The Kier molecular flexibility index (Phi) is 7.71. The van der Waals surface area contributed by atoms with Crippen LogP contribution in [0, 0.1) is 55.4 Å². The maximum Gasteiger partial charge on any atom is 0.244 e. The SMILES string of the molecule is Cc1cc(C)c2c(c1)-c1cc(C)cc(C)c1B2c1cc(C(C)C)c2ccc3c(B4c5c(C)cc(C)cc5-c5cc(C)cc(C)c54)cc(C(C)C)c4ccc1c2c34. The summed E-state index contributed by atoms with van der Waals surface area (Å²) >= 11 is 0. The number of hydrogen-bond acceptors (Lipinski definition) is 0. The molecule has 0 bridgehead atoms. The van der Waals surface area contributed by atoms with Crippen LogP contribution in [-0.4, -0.2) is 13.4 Å². The van der Waals surface area contributed by atoms with Crippen molar-refractivity contribution in [3.8, 4) is 22.3 Å². The van der Waals surface area contributed by atoms with Gasteiger partial charge >= 0.3 is 0 Å². The van der Waals surface area contributed by atoms with Crippen molar-refractivity contribution in [2.45, 2.75) is 94.9 Å². The predicted octanol–water partition coefficient (Wildman–Crippen LogP) is 10.3. The van der Waals surface area contributed by atoms with E-state index in [4.69, 9.17) is 0 Å². The molecule has 0 unspecified atom stereocenters. The third-order valence-corrected chi connectivity index (χ3v) is 13.8. The van der Waals surface area contributed by atoms with Crippen LogP contribution in [0.25, 0.3) is 54.6 Å². The number of rotatable bonds is 4. The van der Waals surface area contributed by atoms with E-state index in [0.717, 1.165) is 0 Å². The van der Waals surface area contributed by atoms with E-state index in [2.05, 4.69) is 168 Å². The highest BCUT2D eigenvalue weighted by atomic mass is 14.3. The predicted molar refractivity (Wildman–Crippen MR) is 249 cm³/mol. The van der Waals surface area contributed by atoms with Crippen LogP contribution >= 0.6 is 0 Å². The molecule has 0 fully saturated rings. The van der Waals surface area contributed by atoms with E-state index in [1.54, 1.807) is 0 Å². The minimum Gasteiger partial charge on any atom is -0.0623 e. The average Bonchev–Trinajstić information content (AvgIpc) is 3.63. The molecule has 2 aliphatic rings. The number of aryl methyl sites for hydroxylation is 8. The van der Waals surface area contributed by atoms with E-state index in [1.807, 2.05) is 0 Å². The number of fused-ring (bicyclic) bond motifs is 6. The Labute approximate surface area is 334 Å². The van der Waals surface area contributed by atoms with Gasteiger partial charge in [-0.25, -0.2) is 0 Å². The second-order valence-corrected chi connectivity index (χ2v) is 18.5. The van der Waals surface area contributed by atoms with E-state index < -0.39 is 0 Å². The number of hydrogen-bond donors (Lipinski definition) is 0. The Balaban J connectivity index is 1.36. The molecule has 2 heterocycles. The van der Waals surface area contributed by atoms with Crippen LogP contribution in [-0.2, 0) is 0 Å². The normalized spacial score (nSPS) is 13.2. The first-order chi connectivity index (χ1) is 26.7. The third-order valence-electron chi connectivity index (χ3n) is 13.8. The van der Waals surface area contributed by atoms with Crippen molar-refractivity contribution in [2.75, 3.05) is 0 Å². The van der Waals surface area contributed by atoms with Crippen LogP contribution in [0.3, 0.4) is 0 Å². The van der Waals surface area contributed by atoms with Gasteiger partial charge in [-0.05, 0) is 133 Å². The first-order valence-corrected chi connectivity index (χ1v) is 21.0. The lowest BCUT2D eigenvalue weighted by Gasteiger charge is -2.26. The molecule has 0 nitrogen and oxygen atoms in total. The maximum atomic E-state index is 2.61. The van der Waals surface area contributed by atoms with E-state index >= 15 is 0 Å². The van der Waals surface area contributed by atoms with Crippen molar-refractivity contribution >= 4 is 78.5 Å². The Morgan fingerprint density at radius 1 is 0.339 bits per heavy atom. The topological polar surface area (TPSA) is 0 Å². The second kappa shape index (κ2) is 12.2. The van der Waals surface area contributed by atoms with Gasteiger partial charge in [0.1, 0.15) is 0 Å². The zero-order valence-corrected chi connectivity index (χ0v) is 35.4. The van der Waals surface area contributed by atoms with Gasteiger partial charge in [-0.1, -0.05) is 190 Å². The van der Waals surface area contributed by atoms with Crippen LogP contribution in [0.1, 0.15) is 95.2 Å². The molecule has 0 saturated heterocycles.